The first kappa shape index (κ1) is 17.3. The highest BCUT2D eigenvalue weighted by Gasteiger charge is 2.22. The number of amides is 1. The molecule has 0 bridgehead atoms. The predicted molar refractivity (Wildman–Crippen MR) is 93.4 cm³/mol. The molecule has 132 valence electrons. The van der Waals surface area contributed by atoms with Gasteiger partial charge in [0.05, 0.1) is 17.6 Å². The van der Waals surface area contributed by atoms with Gasteiger partial charge in [-0.1, -0.05) is 12.1 Å². The number of aryl methyl sites for hydroxylation is 1. The molecule has 0 saturated carbocycles. The Morgan fingerprint density at radius 2 is 1.92 bits per heavy atom. The van der Waals surface area contributed by atoms with E-state index in [2.05, 4.69) is 10.3 Å². The highest BCUT2D eigenvalue weighted by molar-refractivity contribution is 5.73. The van der Waals surface area contributed by atoms with E-state index in [1.807, 2.05) is 4.90 Å². The normalized spacial score (nSPS) is 15.3. The van der Waals surface area contributed by atoms with Crippen molar-refractivity contribution in [2.75, 3.05) is 18.0 Å². The monoisotopic (exact) mass is 345 g/mol. The number of hydrogen-bond acceptors (Lipinski definition) is 3. The molecule has 2 heterocycles. The number of pyridine rings is 1. The van der Waals surface area contributed by atoms with Gasteiger partial charge in [0, 0.05) is 31.6 Å². The summed E-state index contributed by atoms with van der Waals surface area (Å²) >= 11 is 0. The first-order valence-corrected chi connectivity index (χ1v) is 8.38. The van der Waals surface area contributed by atoms with Crippen LogP contribution in [0.2, 0.25) is 0 Å². The number of aromatic nitrogens is 1. The van der Waals surface area contributed by atoms with Gasteiger partial charge < -0.3 is 10.2 Å². The van der Waals surface area contributed by atoms with Gasteiger partial charge in [-0.05, 0) is 37.5 Å². The second-order valence-corrected chi connectivity index (χ2v) is 6.45. The van der Waals surface area contributed by atoms with Gasteiger partial charge in [-0.2, -0.15) is 0 Å². The molecule has 1 amide bonds. The molecule has 4 nitrogen and oxygen atoms in total. The Hall–Kier alpha value is -2.50. The third kappa shape index (κ3) is 3.95. The van der Waals surface area contributed by atoms with Gasteiger partial charge >= 0.3 is 0 Å². The quantitative estimate of drug-likeness (QED) is 0.927. The molecule has 0 unspecified atom stereocenters. The van der Waals surface area contributed by atoms with E-state index >= 15 is 0 Å². The Labute approximate surface area is 145 Å². The summed E-state index contributed by atoms with van der Waals surface area (Å²) in [6.45, 7) is 4.49. The zero-order chi connectivity index (χ0) is 18.0. The minimum Gasteiger partial charge on any atom is -0.369 e. The smallest absolute Gasteiger partial charge is 0.217 e. The fraction of sp³-hybridized carbons (Fsp3) is 0.368. The highest BCUT2D eigenvalue weighted by atomic mass is 19.1. The molecule has 2 aromatic rings. The summed E-state index contributed by atoms with van der Waals surface area (Å²) in [6, 6.07) is 6.68. The lowest BCUT2D eigenvalue weighted by Gasteiger charge is -2.34. The SMILES string of the molecule is CC(=O)NC1CCN(c2cc(-c3ccc(C)c(F)c3)ncc2F)CC1. The summed E-state index contributed by atoms with van der Waals surface area (Å²) < 4.78 is 28.1. The number of rotatable bonds is 3. The topological polar surface area (TPSA) is 45.2 Å². The van der Waals surface area contributed by atoms with Crippen LogP contribution in [0.25, 0.3) is 11.3 Å². The molecule has 0 radical (unpaired) electrons. The fourth-order valence-electron chi connectivity index (χ4n) is 3.13. The number of nitrogens with zero attached hydrogens (tertiary/aromatic N) is 2. The summed E-state index contributed by atoms with van der Waals surface area (Å²) in [5.41, 5.74) is 2.19. The average molecular weight is 345 g/mol. The van der Waals surface area contributed by atoms with Gasteiger partial charge in [0.1, 0.15) is 5.82 Å². The van der Waals surface area contributed by atoms with Crippen LogP contribution in [0, 0.1) is 18.6 Å². The van der Waals surface area contributed by atoms with Gasteiger partial charge in [-0.3, -0.25) is 9.78 Å². The Morgan fingerprint density at radius 3 is 2.56 bits per heavy atom. The van der Waals surface area contributed by atoms with E-state index in [4.69, 9.17) is 0 Å². The molecule has 1 fully saturated rings. The van der Waals surface area contributed by atoms with Crippen molar-refractivity contribution in [3.8, 4) is 11.3 Å². The van der Waals surface area contributed by atoms with Crippen LogP contribution in [0.1, 0.15) is 25.3 Å². The molecule has 0 aliphatic carbocycles. The molecule has 0 spiro atoms. The van der Waals surface area contributed by atoms with Crippen LogP contribution in [0.5, 0.6) is 0 Å². The molecule has 1 N–H and O–H groups in total. The molecule has 1 aliphatic rings. The maximum atomic E-state index is 14.3. The summed E-state index contributed by atoms with van der Waals surface area (Å²) in [4.78, 5) is 17.2. The van der Waals surface area contributed by atoms with E-state index in [0.717, 1.165) is 12.8 Å². The molecule has 0 atom stereocenters. The van der Waals surface area contributed by atoms with Crippen molar-refractivity contribution in [2.24, 2.45) is 0 Å². The number of benzene rings is 1. The standard InChI is InChI=1S/C19H21F2N3O/c1-12-3-4-14(9-16(12)20)18-10-19(17(21)11-22-18)24-7-5-15(6-8-24)23-13(2)25/h3-4,9-11,15H,5-8H2,1-2H3,(H,23,25). The van der Waals surface area contributed by atoms with Gasteiger partial charge in [-0.15, -0.1) is 0 Å². The van der Waals surface area contributed by atoms with Crippen molar-refractivity contribution in [1.29, 1.82) is 0 Å². The van der Waals surface area contributed by atoms with Gasteiger partial charge in [0.25, 0.3) is 0 Å². The van der Waals surface area contributed by atoms with Crippen molar-refractivity contribution >= 4 is 11.6 Å². The molecule has 3 rings (SSSR count). The van der Waals surface area contributed by atoms with Gasteiger partial charge in [0.15, 0.2) is 5.82 Å². The first-order valence-electron chi connectivity index (χ1n) is 8.38. The number of nitrogens with one attached hydrogen (secondary N) is 1. The predicted octanol–water partition coefficient (Wildman–Crippen LogP) is 3.44. The van der Waals surface area contributed by atoms with Crippen LogP contribution in [0.3, 0.4) is 0 Å². The number of halogens is 2. The van der Waals surface area contributed by atoms with E-state index in [-0.39, 0.29) is 17.8 Å². The summed E-state index contributed by atoms with van der Waals surface area (Å²) in [7, 11) is 0. The Bertz CT molecular complexity index is 786. The first-order chi connectivity index (χ1) is 11.9. The molecule has 1 saturated heterocycles. The van der Waals surface area contributed by atoms with Crippen LogP contribution >= 0.6 is 0 Å². The van der Waals surface area contributed by atoms with E-state index < -0.39 is 5.82 Å². The lowest BCUT2D eigenvalue weighted by Crippen LogP contribution is -2.44. The average Bonchev–Trinajstić information content (AvgIpc) is 2.58. The minimum atomic E-state index is -0.394. The van der Waals surface area contributed by atoms with Gasteiger partial charge in [0.2, 0.25) is 5.91 Å². The van der Waals surface area contributed by atoms with Crippen LogP contribution in [0.4, 0.5) is 14.5 Å². The molecule has 1 aromatic carbocycles. The summed E-state index contributed by atoms with van der Waals surface area (Å²) in [5, 5.41) is 2.90. The van der Waals surface area contributed by atoms with Crippen molar-refractivity contribution in [3.63, 3.8) is 0 Å². The molecule has 1 aliphatic heterocycles. The third-order valence-corrected chi connectivity index (χ3v) is 4.55. The second-order valence-electron chi connectivity index (χ2n) is 6.45. The van der Waals surface area contributed by atoms with Crippen LogP contribution in [-0.2, 0) is 4.79 Å². The molecular formula is C19H21F2N3O. The molecule has 6 heteroatoms. The van der Waals surface area contributed by atoms with E-state index in [9.17, 15) is 13.6 Å². The fourth-order valence-corrected chi connectivity index (χ4v) is 3.13. The molecule has 1 aromatic heterocycles. The third-order valence-electron chi connectivity index (χ3n) is 4.55. The molecular weight excluding hydrogens is 324 g/mol. The van der Waals surface area contributed by atoms with E-state index in [0.29, 0.717) is 35.6 Å². The van der Waals surface area contributed by atoms with Gasteiger partial charge in [-0.25, -0.2) is 8.78 Å². The van der Waals surface area contributed by atoms with Crippen LogP contribution in [-0.4, -0.2) is 30.0 Å². The van der Waals surface area contributed by atoms with E-state index in [1.54, 1.807) is 25.1 Å². The zero-order valence-corrected chi connectivity index (χ0v) is 14.4. The maximum Gasteiger partial charge on any atom is 0.217 e. The van der Waals surface area contributed by atoms with Crippen molar-refractivity contribution in [2.45, 2.75) is 32.7 Å². The number of hydrogen-bond donors (Lipinski definition) is 1. The van der Waals surface area contributed by atoms with Crippen LogP contribution < -0.4 is 10.2 Å². The largest absolute Gasteiger partial charge is 0.369 e. The number of carbonyl (C=O) groups excluding carboxylic acids is 1. The van der Waals surface area contributed by atoms with Crippen molar-refractivity contribution < 1.29 is 13.6 Å². The Kier molecular flexibility index (Phi) is 4.97. The Morgan fingerprint density at radius 1 is 1.20 bits per heavy atom. The zero-order valence-electron chi connectivity index (χ0n) is 14.4. The minimum absolute atomic E-state index is 0.0442. The second kappa shape index (κ2) is 7.17. The summed E-state index contributed by atoms with van der Waals surface area (Å²) in [5.74, 6) is -0.743. The van der Waals surface area contributed by atoms with Crippen molar-refractivity contribution in [3.05, 3.63) is 47.7 Å². The number of carbonyl (C=O) groups is 1. The maximum absolute atomic E-state index is 14.3. The Balaban J connectivity index is 1.80. The van der Waals surface area contributed by atoms with E-state index in [1.165, 1.54) is 19.2 Å². The lowest BCUT2D eigenvalue weighted by atomic mass is 10.0. The summed E-state index contributed by atoms with van der Waals surface area (Å²) in [6.07, 6.45) is 2.70. The lowest BCUT2D eigenvalue weighted by molar-refractivity contribution is -0.119. The van der Waals surface area contributed by atoms with Crippen molar-refractivity contribution in [1.82, 2.24) is 10.3 Å². The molecule has 25 heavy (non-hydrogen) atoms. The van der Waals surface area contributed by atoms with Crippen LogP contribution in [0.15, 0.2) is 30.5 Å². The number of piperidine rings is 1. The number of anilines is 1. The highest BCUT2D eigenvalue weighted by Crippen LogP contribution is 2.28.